The van der Waals surface area contributed by atoms with Crippen molar-refractivity contribution >= 4 is 17.5 Å². The molecule has 0 spiro atoms. The van der Waals surface area contributed by atoms with Crippen LogP contribution in [0.25, 0.3) is 0 Å². The van der Waals surface area contributed by atoms with Crippen LogP contribution in [0, 0.1) is 12.8 Å². The van der Waals surface area contributed by atoms with E-state index in [4.69, 9.17) is 0 Å². The molecule has 1 aliphatic rings. The number of halogens is 3. The predicted molar refractivity (Wildman–Crippen MR) is 94.8 cm³/mol. The first-order valence-electron chi connectivity index (χ1n) is 8.54. The summed E-state index contributed by atoms with van der Waals surface area (Å²) in [7, 11) is 0. The zero-order valence-corrected chi connectivity index (χ0v) is 14.7. The van der Waals surface area contributed by atoms with Gasteiger partial charge in [0, 0.05) is 25.2 Å². The highest BCUT2D eigenvalue weighted by Gasteiger charge is 2.34. The van der Waals surface area contributed by atoms with Crippen molar-refractivity contribution in [2.24, 2.45) is 5.92 Å². The molecule has 3 rings (SSSR count). The molecule has 0 bridgehead atoms. The van der Waals surface area contributed by atoms with Crippen LogP contribution in [0.5, 0.6) is 0 Å². The summed E-state index contributed by atoms with van der Waals surface area (Å²) in [5.74, 6) is -0.997. The van der Waals surface area contributed by atoms with Gasteiger partial charge in [0.2, 0.25) is 11.8 Å². The summed E-state index contributed by atoms with van der Waals surface area (Å²) in [6.45, 7) is 2.70. The number of hydrogen-bond acceptors (Lipinski definition) is 2. The van der Waals surface area contributed by atoms with Gasteiger partial charge in [0.1, 0.15) is 0 Å². The van der Waals surface area contributed by atoms with E-state index in [1.165, 1.54) is 12.1 Å². The van der Waals surface area contributed by atoms with Gasteiger partial charge in [-0.15, -0.1) is 0 Å². The van der Waals surface area contributed by atoms with E-state index in [2.05, 4.69) is 5.32 Å². The molecule has 4 nitrogen and oxygen atoms in total. The fourth-order valence-electron chi connectivity index (χ4n) is 3.00. The Bertz CT molecular complexity index is 830. The summed E-state index contributed by atoms with van der Waals surface area (Å²) in [5.41, 5.74) is 1.61. The standard InChI is InChI=1S/C20H19F3N2O2/c1-13-2-4-14(5-3-13)11-25-12-15(10-18(25)26)19(27)24-17-8-6-16(7-9-17)20(21,22)23/h2-9,15H,10-12H2,1H3,(H,24,27)/t15-/m1/s1. The van der Waals surface area contributed by atoms with E-state index in [1.807, 2.05) is 31.2 Å². The molecule has 7 heteroatoms. The Hall–Kier alpha value is -2.83. The Balaban J connectivity index is 1.59. The van der Waals surface area contributed by atoms with Gasteiger partial charge in [0.05, 0.1) is 11.5 Å². The van der Waals surface area contributed by atoms with Gasteiger partial charge in [0.15, 0.2) is 0 Å². The lowest BCUT2D eigenvalue weighted by Gasteiger charge is -2.17. The molecule has 2 aromatic rings. The average Bonchev–Trinajstić information content (AvgIpc) is 2.97. The average molecular weight is 376 g/mol. The molecule has 1 saturated heterocycles. The van der Waals surface area contributed by atoms with Crippen molar-refractivity contribution in [3.05, 3.63) is 65.2 Å². The summed E-state index contributed by atoms with van der Waals surface area (Å²) in [4.78, 5) is 26.2. The maximum atomic E-state index is 12.6. The van der Waals surface area contributed by atoms with E-state index in [0.29, 0.717) is 13.1 Å². The molecular formula is C20H19F3N2O2. The molecule has 0 unspecified atom stereocenters. The van der Waals surface area contributed by atoms with Crippen molar-refractivity contribution in [3.63, 3.8) is 0 Å². The monoisotopic (exact) mass is 376 g/mol. The number of nitrogens with zero attached hydrogens (tertiary/aromatic N) is 1. The highest BCUT2D eigenvalue weighted by Crippen LogP contribution is 2.30. The van der Waals surface area contributed by atoms with Crippen molar-refractivity contribution < 1.29 is 22.8 Å². The number of anilines is 1. The van der Waals surface area contributed by atoms with E-state index in [-0.39, 0.29) is 23.9 Å². The molecule has 0 aliphatic carbocycles. The summed E-state index contributed by atoms with van der Waals surface area (Å²) < 4.78 is 37.8. The van der Waals surface area contributed by atoms with Gasteiger partial charge in [-0.3, -0.25) is 9.59 Å². The third kappa shape index (κ3) is 4.67. The number of alkyl halides is 3. The maximum absolute atomic E-state index is 12.6. The van der Waals surface area contributed by atoms with Crippen molar-refractivity contribution in [2.75, 3.05) is 11.9 Å². The minimum atomic E-state index is -4.42. The second kappa shape index (κ2) is 7.42. The predicted octanol–water partition coefficient (Wildman–Crippen LogP) is 4.00. The third-order valence-electron chi connectivity index (χ3n) is 4.56. The Kier molecular flexibility index (Phi) is 5.21. The Morgan fingerprint density at radius 1 is 1.11 bits per heavy atom. The number of carbonyl (C=O) groups excluding carboxylic acids is 2. The van der Waals surface area contributed by atoms with Crippen LogP contribution in [0.4, 0.5) is 18.9 Å². The van der Waals surface area contributed by atoms with Gasteiger partial charge < -0.3 is 10.2 Å². The van der Waals surface area contributed by atoms with E-state index < -0.39 is 17.7 Å². The van der Waals surface area contributed by atoms with Crippen molar-refractivity contribution in [3.8, 4) is 0 Å². The number of nitrogens with one attached hydrogen (secondary N) is 1. The van der Waals surface area contributed by atoms with Gasteiger partial charge in [-0.05, 0) is 36.8 Å². The molecule has 0 saturated carbocycles. The number of carbonyl (C=O) groups is 2. The zero-order chi connectivity index (χ0) is 19.6. The maximum Gasteiger partial charge on any atom is 0.416 e. The van der Waals surface area contributed by atoms with Crippen LogP contribution >= 0.6 is 0 Å². The Morgan fingerprint density at radius 3 is 2.33 bits per heavy atom. The van der Waals surface area contributed by atoms with Gasteiger partial charge in [0.25, 0.3) is 0 Å². The van der Waals surface area contributed by atoms with Crippen molar-refractivity contribution in [1.82, 2.24) is 4.90 Å². The number of benzene rings is 2. The van der Waals surface area contributed by atoms with Crippen LogP contribution in [0.3, 0.4) is 0 Å². The molecule has 0 radical (unpaired) electrons. The lowest BCUT2D eigenvalue weighted by Crippen LogP contribution is -2.28. The van der Waals surface area contributed by atoms with Crippen LogP contribution < -0.4 is 5.32 Å². The number of hydrogen-bond donors (Lipinski definition) is 1. The highest BCUT2D eigenvalue weighted by molar-refractivity contribution is 5.97. The normalized spacial score (nSPS) is 17.3. The first-order valence-corrected chi connectivity index (χ1v) is 8.54. The lowest BCUT2D eigenvalue weighted by molar-refractivity contribution is -0.137. The first kappa shape index (κ1) is 18.9. The fourth-order valence-corrected chi connectivity index (χ4v) is 3.00. The third-order valence-corrected chi connectivity index (χ3v) is 4.56. The quantitative estimate of drug-likeness (QED) is 0.877. The SMILES string of the molecule is Cc1ccc(CN2C[C@H](C(=O)Nc3ccc(C(F)(F)F)cc3)CC2=O)cc1. The second-order valence-electron chi connectivity index (χ2n) is 6.73. The summed E-state index contributed by atoms with van der Waals surface area (Å²) in [6.07, 6.45) is -4.32. The van der Waals surface area contributed by atoms with Crippen LogP contribution in [-0.4, -0.2) is 23.3 Å². The van der Waals surface area contributed by atoms with Crippen molar-refractivity contribution in [2.45, 2.75) is 26.1 Å². The molecule has 27 heavy (non-hydrogen) atoms. The van der Waals surface area contributed by atoms with Crippen LogP contribution in [0.1, 0.15) is 23.1 Å². The molecule has 1 N–H and O–H groups in total. The smallest absolute Gasteiger partial charge is 0.338 e. The molecule has 1 atom stereocenters. The van der Waals surface area contributed by atoms with E-state index in [0.717, 1.165) is 23.3 Å². The van der Waals surface area contributed by atoms with Crippen LogP contribution in [0.2, 0.25) is 0 Å². The molecule has 2 aromatic carbocycles. The molecule has 1 heterocycles. The van der Waals surface area contributed by atoms with E-state index in [9.17, 15) is 22.8 Å². The number of aryl methyl sites for hydroxylation is 1. The van der Waals surface area contributed by atoms with Gasteiger partial charge in [-0.25, -0.2) is 0 Å². The Morgan fingerprint density at radius 2 is 1.74 bits per heavy atom. The van der Waals surface area contributed by atoms with Gasteiger partial charge in [-0.1, -0.05) is 29.8 Å². The van der Waals surface area contributed by atoms with Gasteiger partial charge in [-0.2, -0.15) is 13.2 Å². The fraction of sp³-hybridized carbons (Fsp3) is 0.300. The molecule has 142 valence electrons. The van der Waals surface area contributed by atoms with Gasteiger partial charge >= 0.3 is 6.18 Å². The molecule has 0 aromatic heterocycles. The van der Waals surface area contributed by atoms with E-state index in [1.54, 1.807) is 4.90 Å². The minimum absolute atomic E-state index is 0.0956. The van der Waals surface area contributed by atoms with Crippen LogP contribution in [-0.2, 0) is 22.3 Å². The molecule has 1 aliphatic heterocycles. The topological polar surface area (TPSA) is 49.4 Å². The highest BCUT2D eigenvalue weighted by atomic mass is 19.4. The number of likely N-dealkylation sites (tertiary alicyclic amines) is 1. The second-order valence-corrected chi connectivity index (χ2v) is 6.73. The number of rotatable bonds is 4. The minimum Gasteiger partial charge on any atom is -0.338 e. The van der Waals surface area contributed by atoms with E-state index >= 15 is 0 Å². The molecule has 2 amide bonds. The summed E-state index contributed by atoms with van der Waals surface area (Å²) >= 11 is 0. The zero-order valence-electron chi connectivity index (χ0n) is 14.7. The van der Waals surface area contributed by atoms with Crippen LogP contribution in [0.15, 0.2) is 48.5 Å². The first-order chi connectivity index (χ1) is 12.7. The van der Waals surface area contributed by atoms with Crippen molar-refractivity contribution in [1.29, 1.82) is 0 Å². The molecular weight excluding hydrogens is 357 g/mol. The number of amides is 2. The Labute approximate surface area is 155 Å². The molecule has 1 fully saturated rings. The largest absolute Gasteiger partial charge is 0.416 e. The summed E-state index contributed by atoms with van der Waals surface area (Å²) in [5, 5.41) is 2.59. The summed E-state index contributed by atoms with van der Waals surface area (Å²) in [6, 6.07) is 12.1. The lowest BCUT2D eigenvalue weighted by atomic mass is 10.1.